The molecule has 158 valence electrons. The van der Waals surface area contributed by atoms with Gasteiger partial charge in [-0.1, -0.05) is 0 Å². The molecule has 0 bridgehead atoms. The van der Waals surface area contributed by atoms with E-state index < -0.39 is 0 Å². The van der Waals surface area contributed by atoms with Crippen LogP contribution in [-0.2, 0) is 0 Å². The second-order valence-electron chi connectivity index (χ2n) is 7.79. The summed E-state index contributed by atoms with van der Waals surface area (Å²) in [5.41, 5.74) is 5.56. The number of hydrogen-bond acceptors (Lipinski definition) is 6. The van der Waals surface area contributed by atoms with Crippen molar-refractivity contribution in [2.75, 3.05) is 14.1 Å². The van der Waals surface area contributed by atoms with Gasteiger partial charge in [-0.3, -0.25) is 19.3 Å². The summed E-state index contributed by atoms with van der Waals surface area (Å²) in [7, 11) is 3.69. The summed E-state index contributed by atoms with van der Waals surface area (Å²) in [6.45, 7) is 11.3. The van der Waals surface area contributed by atoms with Gasteiger partial charge >= 0.3 is 0 Å². The van der Waals surface area contributed by atoms with Crippen molar-refractivity contribution in [1.29, 1.82) is 0 Å². The smallest absolute Gasteiger partial charge is 0.276 e. The van der Waals surface area contributed by atoms with Gasteiger partial charge in [0.2, 0.25) is 5.78 Å². The highest BCUT2D eigenvalue weighted by Crippen LogP contribution is 2.40. The molecule has 30 heavy (non-hydrogen) atoms. The van der Waals surface area contributed by atoms with Crippen molar-refractivity contribution in [1.82, 2.24) is 14.3 Å². The largest absolute Gasteiger partial charge is 0.383 e. The number of carbonyl (C=O) groups excluding carboxylic acids is 1. The second kappa shape index (κ2) is 7.68. The molecule has 0 aliphatic carbocycles. The van der Waals surface area contributed by atoms with Crippen molar-refractivity contribution in [3.63, 3.8) is 0 Å². The van der Waals surface area contributed by atoms with E-state index in [1.54, 1.807) is 24.9 Å². The summed E-state index contributed by atoms with van der Waals surface area (Å²) in [4.78, 5) is 33.1. The lowest BCUT2D eigenvalue weighted by molar-refractivity contribution is -0.386. The first-order valence-electron chi connectivity index (χ1n) is 9.59. The lowest BCUT2D eigenvalue weighted by atomic mass is 9.89. The molecule has 1 aromatic carbocycles. The number of aryl methyl sites for hydroxylation is 2. The molecule has 0 spiro atoms. The van der Waals surface area contributed by atoms with Gasteiger partial charge in [-0.25, -0.2) is 4.98 Å². The van der Waals surface area contributed by atoms with Gasteiger partial charge in [0, 0.05) is 53.6 Å². The number of allylic oxidation sites excluding steroid dienone is 1. The van der Waals surface area contributed by atoms with Crippen LogP contribution in [0.2, 0.25) is 0 Å². The summed E-state index contributed by atoms with van der Waals surface area (Å²) in [5, 5.41) is 11.8. The Bertz CT molecular complexity index is 1230. The number of aromatic nitrogens is 2. The molecule has 0 aliphatic heterocycles. The Morgan fingerprint density at radius 1 is 1.07 bits per heavy atom. The minimum Gasteiger partial charge on any atom is -0.383 e. The van der Waals surface area contributed by atoms with Gasteiger partial charge in [0.15, 0.2) is 4.96 Å². The summed E-state index contributed by atoms with van der Waals surface area (Å²) in [5.74, 6) is -0.188. The molecule has 8 heteroatoms. The Morgan fingerprint density at radius 2 is 1.70 bits per heavy atom. The minimum atomic E-state index is -0.345. The number of benzene rings is 1. The fraction of sp³-hybridized carbons (Fsp3) is 0.364. The van der Waals surface area contributed by atoms with E-state index in [1.165, 1.54) is 17.4 Å². The Kier molecular flexibility index (Phi) is 5.56. The first kappa shape index (κ1) is 21.7. The lowest BCUT2D eigenvalue weighted by Crippen LogP contribution is -2.09. The van der Waals surface area contributed by atoms with E-state index in [0.29, 0.717) is 33.0 Å². The van der Waals surface area contributed by atoms with Gasteiger partial charge < -0.3 is 4.90 Å². The molecule has 0 N–H and O–H groups in total. The number of rotatable bonds is 5. The van der Waals surface area contributed by atoms with Crippen LogP contribution >= 0.6 is 11.3 Å². The molecule has 0 fully saturated rings. The zero-order chi connectivity index (χ0) is 22.5. The number of thiazole rings is 1. The van der Waals surface area contributed by atoms with Gasteiger partial charge in [0.1, 0.15) is 11.4 Å². The number of fused-ring (bicyclic) bond motifs is 1. The molecule has 3 aromatic rings. The average Bonchev–Trinajstić information content (AvgIpc) is 3.14. The Hall–Kier alpha value is -3.00. The molecule has 0 amide bonds. The molecule has 2 heterocycles. The van der Waals surface area contributed by atoms with Gasteiger partial charge in [-0.15, -0.1) is 11.3 Å². The number of hydrogen-bond donors (Lipinski definition) is 0. The third-order valence-electron chi connectivity index (χ3n) is 5.70. The zero-order valence-corrected chi connectivity index (χ0v) is 19.4. The van der Waals surface area contributed by atoms with Gasteiger partial charge in [-0.2, -0.15) is 0 Å². The van der Waals surface area contributed by atoms with E-state index in [9.17, 15) is 14.9 Å². The van der Waals surface area contributed by atoms with Crippen LogP contribution in [0.25, 0.3) is 16.2 Å². The quantitative estimate of drug-likeness (QED) is 0.246. The summed E-state index contributed by atoms with van der Waals surface area (Å²) in [6, 6.07) is 0. The predicted molar refractivity (Wildman–Crippen MR) is 121 cm³/mol. The number of nitro groups is 1. The predicted octanol–water partition coefficient (Wildman–Crippen LogP) is 5.08. The highest BCUT2D eigenvalue weighted by molar-refractivity contribution is 7.17. The highest BCUT2D eigenvalue weighted by Gasteiger charge is 2.29. The number of ketones is 1. The first-order valence-corrected chi connectivity index (χ1v) is 10.4. The Labute approximate surface area is 179 Å². The molecule has 0 atom stereocenters. The summed E-state index contributed by atoms with van der Waals surface area (Å²) in [6.07, 6.45) is 3.21. The van der Waals surface area contributed by atoms with Crippen molar-refractivity contribution >= 4 is 27.8 Å². The molecular weight excluding hydrogens is 400 g/mol. The van der Waals surface area contributed by atoms with Crippen molar-refractivity contribution in [2.24, 2.45) is 0 Å². The van der Waals surface area contributed by atoms with Gasteiger partial charge in [0.25, 0.3) is 5.69 Å². The lowest BCUT2D eigenvalue weighted by Gasteiger charge is -2.15. The molecule has 7 nitrogen and oxygen atoms in total. The molecule has 0 aliphatic rings. The fourth-order valence-electron chi connectivity index (χ4n) is 3.80. The van der Waals surface area contributed by atoms with Crippen molar-refractivity contribution in [3.05, 3.63) is 60.9 Å². The fourth-order valence-corrected chi connectivity index (χ4v) is 4.77. The van der Waals surface area contributed by atoms with E-state index in [4.69, 9.17) is 4.98 Å². The third-order valence-corrected chi connectivity index (χ3v) is 6.76. The van der Waals surface area contributed by atoms with Gasteiger partial charge in [0.05, 0.1) is 4.92 Å². The van der Waals surface area contributed by atoms with E-state index in [1.807, 2.05) is 46.2 Å². The van der Waals surface area contributed by atoms with Crippen LogP contribution in [0.5, 0.6) is 0 Å². The average molecular weight is 427 g/mol. The summed E-state index contributed by atoms with van der Waals surface area (Å²) < 4.78 is 1.87. The van der Waals surface area contributed by atoms with E-state index >= 15 is 0 Å². The van der Waals surface area contributed by atoms with Crippen molar-refractivity contribution in [2.45, 2.75) is 41.5 Å². The number of nitrogens with zero attached hydrogens (tertiary/aromatic N) is 4. The van der Waals surface area contributed by atoms with Crippen molar-refractivity contribution in [3.8, 4) is 11.3 Å². The van der Waals surface area contributed by atoms with Crippen LogP contribution in [0.1, 0.15) is 43.3 Å². The second-order valence-corrected chi connectivity index (χ2v) is 8.98. The molecule has 2 aromatic heterocycles. The summed E-state index contributed by atoms with van der Waals surface area (Å²) >= 11 is 1.51. The van der Waals surface area contributed by atoms with Crippen LogP contribution in [0.4, 0.5) is 5.69 Å². The SMILES string of the molecule is Cc1sc2nc(-c3c(C)c(C)c(C)c([N+](=O)[O-])c3C)c(C(=O)/C=C/N(C)C)n2c1C. The third kappa shape index (κ3) is 3.31. The van der Waals surface area contributed by atoms with Gasteiger partial charge in [-0.05, 0) is 52.7 Å². The molecule has 3 rings (SSSR count). The normalized spacial score (nSPS) is 11.6. The standard InChI is InChI=1S/C22H26N4O3S/c1-11-12(2)18(14(4)20(13(11)3)26(28)29)19-21(17(27)9-10-24(7)8)25-15(5)16(6)30-22(25)23-19/h9-10H,1-8H3/b10-9+. The first-order chi connectivity index (χ1) is 14.0. The van der Waals surface area contributed by atoms with Crippen molar-refractivity contribution < 1.29 is 9.72 Å². The van der Waals surface area contributed by atoms with Crippen LogP contribution < -0.4 is 0 Å². The van der Waals surface area contributed by atoms with Crippen LogP contribution in [-0.4, -0.2) is 39.1 Å². The topological polar surface area (TPSA) is 80.7 Å². The Balaban J connectivity index is 2.45. The Morgan fingerprint density at radius 3 is 2.27 bits per heavy atom. The molecule has 0 unspecified atom stereocenters. The van der Waals surface area contributed by atoms with E-state index in [-0.39, 0.29) is 16.4 Å². The van der Waals surface area contributed by atoms with Crippen LogP contribution in [0.3, 0.4) is 0 Å². The monoisotopic (exact) mass is 426 g/mol. The maximum Gasteiger partial charge on any atom is 0.276 e. The van der Waals surface area contributed by atoms with Crippen LogP contribution in [0.15, 0.2) is 12.3 Å². The molecular formula is C22H26N4O3S. The number of nitro benzene ring substituents is 1. The number of imidazole rings is 1. The molecule has 0 saturated carbocycles. The highest BCUT2D eigenvalue weighted by atomic mass is 32.1. The molecule has 0 radical (unpaired) electrons. The minimum absolute atomic E-state index is 0.0830. The van der Waals surface area contributed by atoms with E-state index in [0.717, 1.165) is 21.7 Å². The van der Waals surface area contributed by atoms with E-state index in [2.05, 4.69) is 0 Å². The number of carbonyl (C=O) groups is 1. The zero-order valence-electron chi connectivity index (χ0n) is 18.6. The molecule has 0 saturated heterocycles. The maximum atomic E-state index is 13.3. The van der Waals surface area contributed by atoms with Crippen LogP contribution in [0, 0.1) is 51.7 Å². The maximum absolute atomic E-state index is 13.3.